The molecule has 0 heterocycles. The Morgan fingerprint density at radius 2 is 1.50 bits per heavy atom. The van der Waals surface area contributed by atoms with Gasteiger partial charge in [-0.3, -0.25) is 0 Å². The molecule has 1 aromatic carbocycles. The molecule has 116 valence electrons. The SMILES string of the molecule is CCCCCCCCc1ccc(C[C@H](N)CO)cc1.Cl. The molecule has 3 N–H and O–H groups in total. The van der Waals surface area contributed by atoms with Gasteiger partial charge in [0.05, 0.1) is 6.61 Å². The summed E-state index contributed by atoms with van der Waals surface area (Å²) in [6.45, 7) is 2.31. The summed E-state index contributed by atoms with van der Waals surface area (Å²) in [5, 5.41) is 8.93. The van der Waals surface area contributed by atoms with E-state index in [0.717, 1.165) is 6.42 Å². The Labute approximate surface area is 130 Å². The van der Waals surface area contributed by atoms with Gasteiger partial charge in [0.2, 0.25) is 0 Å². The Morgan fingerprint density at radius 1 is 0.950 bits per heavy atom. The molecular formula is C17H30ClNO. The number of unbranched alkanes of at least 4 members (excludes halogenated alkanes) is 5. The van der Waals surface area contributed by atoms with Crippen LogP contribution in [0.1, 0.15) is 56.6 Å². The average molecular weight is 300 g/mol. The maximum atomic E-state index is 8.93. The highest BCUT2D eigenvalue weighted by molar-refractivity contribution is 5.85. The predicted octanol–water partition coefficient (Wildman–Crippen LogP) is 3.87. The summed E-state index contributed by atoms with van der Waals surface area (Å²) in [6.07, 6.45) is 10.0. The van der Waals surface area contributed by atoms with Crippen LogP contribution in [0.2, 0.25) is 0 Å². The summed E-state index contributed by atoms with van der Waals surface area (Å²) >= 11 is 0. The molecule has 0 aliphatic rings. The Bertz CT molecular complexity index is 326. The highest BCUT2D eigenvalue weighted by atomic mass is 35.5. The van der Waals surface area contributed by atoms with Crippen LogP contribution in [0.15, 0.2) is 24.3 Å². The zero-order valence-corrected chi connectivity index (χ0v) is 13.5. The van der Waals surface area contributed by atoms with Crippen molar-refractivity contribution >= 4 is 12.4 Å². The second-order valence-electron chi connectivity index (χ2n) is 5.48. The van der Waals surface area contributed by atoms with Gasteiger partial charge in [-0.2, -0.15) is 0 Å². The third kappa shape index (κ3) is 8.57. The van der Waals surface area contributed by atoms with Gasteiger partial charge in [-0.1, -0.05) is 63.3 Å². The van der Waals surface area contributed by atoms with Crippen molar-refractivity contribution in [2.75, 3.05) is 6.61 Å². The third-order valence-electron chi connectivity index (χ3n) is 3.57. The fraction of sp³-hybridized carbons (Fsp3) is 0.647. The molecule has 0 saturated carbocycles. The molecule has 0 unspecified atom stereocenters. The highest BCUT2D eigenvalue weighted by Crippen LogP contribution is 2.11. The van der Waals surface area contributed by atoms with Crippen molar-refractivity contribution in [3.63, 3.8) is 0 Å². The third-order valence-corrected chi connectivity index (χ3v) is 3.57. The molecule has 0 radical (unpaired) electrons. The lowest BCUT2D eigenvalue weighted by Gasteiger charge is -2.08. The van der Waals surface area contributed by atoms with E-state index in [9.17, 15) is 0 Å². The van der Waals surface area contributed by atoms with Crippen molar-refractivity contribution in [1.82, 2.24) is 0 Å². The average Bonchev–Trinajstić information content (AvgIpc) is 2.44. The largest absolute Gasteiger partial charge is 0.395 e. The lowest BCUT2D eigenvalue weighted by atomic mass is 10.0. The number of benzene rings is 1. The van der Waals surface area contributed by atoms with Crippen LogP contribution in [0.4, 0.5) is 0 Å². The van der Waals surface area contributed by atoms with Crippen LogP contribution < -0.4 is 5.73 Å². The number of hydrogen-bond acceptors (Lipinski definition) is 2. The molecule has 2 nitrogen and oxygen atoms in total. The second-order valence-corrected chi connectivity index (χ2v) is 5.48. The predicted molar refractivity (Wildman–Crippen MR) is 89.5 cm³/mol. The first-order valence-corrected chi connectivity index (χ1v) is 7.70. The minimum absolute atomic E-state index is 0. The molecule has 0 spiro atoms. The maximum absolute atomic E-state index is 8.93. The summed E-state index contributed by atoms with van der Waals surface area (Å²) in [5.41, 5.74) is 8.36. The number of rotatable bonds is 10. The minimum atomic E-state index is -0.135. The molecule has 1 aromatic rings. The van der Waals surface area contributed by atoms with Gasteiger partial charge in [0, 0.05) is 6.04 Å². The summed E-state index contributed by atoms with van der Waals surface area (Å²) in [4.78, 5) is 0. The van der Waals surface area contributed by atoms with Gasteiger partial charge in [-0.15, -0.1) is 12.4 Å². The molecule has 20 heavy (non-hydrogen) atoms. The van der Waals surface area contributed by atoms with Crippen LogP contribution >= 0.6 is 12.4 Å². The summed E-state index contributed by atoms with van der Waals surface area (Å²) < 4.78 is 0. The van der Waals surface area contributed by atoms with Crippen LogP contribution in [-0.2, 0) is 12.8 Å². The first-order valence-electron chi connectivity index (χ1n) is 7.70. The smallest absolute Gasteiger partial charge is 0.0585 e. The summed E-state index contributed by atoms with van der Waals surface area (Å²) in [5.74, 6) is 0. The second kappa shape index (κ2) is 12.2. The number of aliphatic hydroxyl groups excluding tert-OH is 1. The van der Waals surface area contributed by atoms with Crippen molar-refractivity contribution in [3.05, 3.63) is 35.4 Å². The van der Waals surface area contributed by atoms with Crippen LogP contribution in [0, 0.1) is 0 Å². The zero-order valence-electron chi connectivity index (χ0n) is 12.7. The van der Waals surface area contributed by atoms with Gasteiger partial charge >= 0.3 is 0 Å². The van der Waals surface area contributed by atoms with Gasteiger partial charge in [0.25, 0.3) is 0 Å². The lowest BCUT2D eigenvalue weighted by molar-refractivity contribution is 0.265. The van der Waals surface area contributed by atoms with Crippen LogP contribution in [0.5, 0.6) is 0 Å². The topological polar surface area (TPSA) is 46.2 Å². The molecule has 0 aliphatic heterocycles. The molecule has 0 saturated heterocycles. The van der Waals surface area contributed by atoms with Gasteiger partial charge in [0.15, 0.2) is 0 Å². The van der Waals surface area contributed by atoms with Gasteiger partial charge in [0.1, 0.15) is 0 Å². The number of aryl methyl sites for hydroxylation is 1. The number of nitrogens with two attached hydrogens (primary N) is 1. The van der Waals surface area contributed by atoms with E-state index < -0.39 is 0 Å². The van der Waals surface area contributed by atoms with E-state index >= 15 is 0 Å². The molecule has 3 heteroatoms. The molecule has 0 fully saturated rings. The molecule has 0 amide bonds. The molecule has 1 rings (SSSR count). The van der Waals surface area contributed by atoms with E-state index in [0.29, 0.717) is 0 Å². The van der Waals surface area contributed by atoms with Crippen molar-refractivity contribution < 1.29 is 5.11 Å². The van der Waals surface area contributed by atoms with Crippen LogP contribution in [0.25, 0.3) is 0 Å². The minimum Gasteiger partial charge on any atom is -0.395 e. The van der Waals surface area contributed by atoms with E-state index in [4.69, 9.17) is 10.8 Å². The lowest BCUT2D eigenvalue weighted by Crippen LogP contribution is -2.26. The molecular weight excluding hydrogens is 270 g/mol. The molecule has 0 bridgehead atoms. The van der Waals surface area contributed by atoms with Gasteiger partial charge < -0.3 is 10.8 Å². The van der Waals surface area contributed by atoms with Gasteiger partial charge in [-0.05, 0) is 30.4 Å². The fourth-order valence-corrected chi connectivity index (χ4v) is 2.32. The molecule has 1 atom stereocenters. The van der Waals surface area contributed by atoms with Crippen molar-refractivity contribution in [2.24, 2.45) is 5.73 Å². The number of halogens is 1. The summed E-state index contributed by atoms with van der Waals surface area (Å²) in [7, 11) is 0. The monoisotopic (exact) mass is 299 g/mol. The number of aliphatic hydroxyl groups is 1. The first kappa shape index (κ1) is 19.4. The quantitative estimate of drug-likeness (QED) is 0.644. The zero-order chi connectivity index (χ0) is 13.9. The first-order chi connectivity index (χ1) is 9.26. The number of hydrogen-bond donors (Lipinski definition) is 2. The molecule has 0 aliphatic carbocycles. The van der Waals surface area contributed by atoms with Crippen molar-refractivity contribution in [2.45, 2.75) is 64.3 Å². The van der Waals surface area contributed by atoms with E-state index in [1.807, 2.05) is 0 Å². The standard InChI is InChI=1S/C17H29NO.ClH/c1-2-3-4-5-6-7-8-15-9-11-16(12-10-15)13-17(18)14-19;/h9-12,17,19H,2-8,13-14,18H2,1H3;1H/t17-;/m0./s1. The van der Waals surface area contributed by atoms with Crippen molar-refractivity contribution in [1.29, 1.82) is 0 Å². The fourth-order valence-electron chi connectivity index (χ4n) is 2.32. The van der Waals surface area contributed by atoms with E-state index in [1.54, 1.807) is 0 Å². The van der Waals surface area contributed by atoms with Crippen molar-refractivity contribution in [3.8, 4) is 0 Å². The Balaban J connectivity index is 0.00000361. The Kier molecular flexibility index (Phi) is 11.8. The molecule has 0 aromatic heterocycles. The summed E-state index contributed by atoms with van der Waals surface area (Å²) in [6, 6.07) is 8.55. The van der Waals surface area contributed by atoms with Crippen LogP contribution in [0.3, 0.4) is 0 Å². The Morgan fingerprint density at radius 3 is 2.10 bits per heavy atom. The highest BCUT2D eigenvalue weighted by Gasteiger charge is 2.02. The Hall–Kier alpha value is -0.570. The van der Waals surface area contributed by atoms with Crippen LogP contribution in [-0.4, -0.2) is 17.8 Å². The maximum Gasteiger partial charge on any atom is 0.0585 e. The van der Waals surface area contributed by atoms with E-state index in [1.165, 1.54) is 56.1 Å². The van der Waals surface area contributed by atoms with E-state index in [2.05, 4.69) is 31.2 Å². The van der Waals surface area contributed by atoms with Gasteiger partial charge in [-0.25, -0.2) is 0 Å². The van der Waals surface area contributed by atoms with E-state index in [-0.39, 0.29) is 25.1 Å². The normalized spacial score (nSPS) is 11.9.